The van der Waals surface area contributed by atoms with Gasteiger partial charge in [-0.2, -0.15) is 10.5 Å². The summed E-state index contributed by atoms with van der Waals surface area (Å²) in [6.45, 7) is 1.27. The Morgan fingerprint density at radius 2 is 1.82 bits per heavy atom. The van der Waals surface area contributed by atoms with Gasteiger partial charge in [-0.3, -0.25) is 10.1 Å². The van der Waals surface area contributed by atoms with Gasteiger partial charge in [-0.1, -0.05) is 29.8 Å². The molecule has 1 aliphatic carbocycles. The number of carbonyl (C=O) groups is 1. The highest BCUT2D eigenvalue weighted by atomic mass is 35.5. The molecule has 3 N–H and O–H groups in total. The molecule has 250 valence electrons. The lowest BCUT2D eigenvalue weighted by molar-refractivity contribution is -0.145. The first kappa shape index (κ1) is 33.6. The van der Waals surface area contributed by atoms with Gasteiger partial charge in [-0.15, -0.1) is 0 Å². The van der Waals surface area contributed by atoms with Crippen molar-refractivity contribution in [3.63, 3.8) is 0 Å². The zero-order valence-corrected chi connectivity index (χ0v) is 27.1. The molecule has 1 heterocycles. The van der Waals surface area contributed by atoms with Gasteiger partial charge in [-0.25, -0.2) is 4.39 Å². The maximum atomic E-state index is 15.6. The zero-order valence-electron chi connectivity index (χ0n) is 26.4. The molecular formula is C37H31ClFN3O7. The minimum atomic E-state index is -1.64. The predicted octanol–water partition coefficient (Wildman–Crippen LogP) is 6.23. The number of fused-ring (bicyclic) bond motifs is 2. The van der Waals surface area contributed by atoms with Gasteiger partial charge < -0.3 is 29.2 Å². The van der Waals surface area contributed by atoms with Gasteiger partial charge in [0.25, 0.3) is 0 Å². The van der Waals surface area contributed by atoms with Gasteiger partial charge in [0.1, 0.15) is 43.0 Å². The van der Waals surface area contributed by atoms with Crippen LogP contribution >= 0.6 is 11.6 Å². The molecule has 6 rings (SSSR count). The molecule has 0 radical (unpaired) electrons. The Morgan fingerprint density at radius 1 is 1.06 bits per heavy atom. The number of aliphatic hydroxyl groups is 1. The van der Waals surface area contributed by atoms with Crippen molar-refractivity contribution < 1.29 is 38.3 Å². The lowest BCUT2D eigenvalue weighted by atomic mass is 9.96. The number of hydrogen-bond acceptors (Lipinski definition) is 9. The first-order valence-electron chi connectivity index (χ1n) is 15.5. The van der Waals surface area contributed by atoms with Crippen molar-refractivity contribution in [2.24, 2.45) is 0 Å². The maximum Gasteiger partial charge on any atom is 0.326 e. The SMILES string of the molecule is C[C@@](CO)(NCc1cc(Cl)c(O[C@H]2CCc3c(-c4ccc5c(c4F)OCCO5)cccc32)cc1OCc1cc(C#N)cc(C#N)c1)C(=O)O. The number of carboxylic acid groups (broad SMARTS) is 1. The van der Waals surface area contributed by atoms with Gasteiger partial charge in [0.15, 0.2) is 17.3 Å². The topological polar surface area (TPSA) is 154 Å². The number of nitrogens with one attached hydrogen (secondary N) is 1. The standard InChI is InChI=1S/C37H31ClFN3O7/c1-37(20-43,36(44)45)42-18-24-14-29(38)33(15-32(24)48-19-23-12-21(16-40)11-22(13-23)17-41)49-30-7-5-26-25(3-2-4-27(26)30)28-6-8-31-35(34(28)39)47-10-9-46-31/h2-4,6,8,11-15,30,42-43H,5,7,9-10,18-20H2,1H3,(H,44,45)/t30-,37-/m0/s1. The molecule has 0 saturated carbocycles. The molecule has 1 aliphatic heterocycles. The molecule has 12 heteroatoms. The van der Waals surface area contributed by atoms with Crippen LogP contribution in [0, 0.1) is 28.5 Å². The number of aliphatic hydroxyl groups excluding tert-OH is 1. The summed E-state index contributed by atoms with van der Waals surface area (Å²) >= 11 is 6.74. The monoisotopic (exact) mass is 683 g/mol. The average molecular weight is 684 g/mol. The van der Waals surface area contributed by atoms with Gasteiger partial charge in [0, 0.05) is 23.7 Å². The summed E-state index contributed by atoms with van der Waals surface area (Å²) in [5, 5.41) is 41.3. The van der Waals surface area contributed by atoms with Gasteiger partial charge in [0.2, 0.25) is 0 Å². The molecule has 4 aromatic carbocycles. The number of carboxylic acids is 1. The van der Waals surface area contributed by atoms with E-state index in [0.717, 1.165) is 16.7 Å². The van der Waals surface area contributed by atoms with Crippen molar-refractivity contribution in [1.29, 1.82) is 10.5 Å². The van der Waals surface area contributed by atoms with E-state index in [4.69, 9.17) is 30.5 Å². The van der Waals surface area contributed by atoms with Crippen LogP contribution in [0.5, 0.6) is 23.0 Å². The van der Waals surface area contributed by atoms with Crippen molar-refractivity contribution in [3.05, 3.63) is 105 Å². The summed E-state index contributed by atoms with van der Waals surface area (Å²) < 4.78 is 39.4. The number of aliphatic carboxylic acids is 1. The quantitative estimate of drug-likeness (QED) is 0.166. The molecule has 10 nitrogen and oxygen atoms in total. The molecule has 49 heavy (non-hydrogen) atoms. The second-order valence-corrected chi connectivity index (χ2v) is 12.3. The maximum absolute atomic E-state index is 15.6. The molecule has 0 aromatic heterocycles. The zero-order chi connectivity index (χ0) is 34.7. The summed E-state index contributed by atoms with van der Waals surface area (Å²) in [5.74, 6) is -0.626. The van der Waals surface area contributed by atoms with Gasteiger partial charge >= 0.3 is 5.97 Å². The Morgan fingerprint density at radius 3 is 2.53 bits per heavy atom. The van der Waals surface area contributed by atoms with Crippen LogP contribution < -0.4 is 24.3 Å². The van der Waals surface area contributed by atoms with Gasteiger partial charge in [0.05, 0.1) is 34.9 Å². The number of hydrogen-bond donors (Lipinski definition) is 3. The number of rotatable bonds is 11. The number of nitriles is 2. The summed E-state index contributed by atoms with van der Waals surface area (Å²) in [6, 6.07) is 21.0. The van der Waals surface area contributed by atoms with Gasteiger partial charge in [-0.05, 0) is 78.4 Å². The van der Waals surface area contributed by atoms with E-state index < -0.39 is 30.0 Å². The molecular weight excluding hydrogens is 653 g/mol. The third-order valence-corrected chi connectivity index (χ3v) is 8.94. The van der Waals surface area contributed by atoms with Crippen LogP contribution in [-0.4, -0.2) is 41.5 Å². The minimum Gasteiger partial charge on any atom is -0.488 e. The average Bonchev–Trinajstić information content (AvgIpc) is 3.53. The molecule has 0 amide bonds. The summed E-state index contributed by atoms with van der Waals surface area (Å²) in [6.07, 6.45) is 0.803. The number of benzene rings is 4. The molecule has 2 atom stereocenters. The smallest absolute Gasteiger partial charge is 0.326 e. The molecule has 0 unspecified atom stereocenters. The molecule has 0 spiro atoms. The largest absolute Gasteiger partial charge is 0.488 e. The van der Waals surface area contributed by atoms with Crippen molar-refractivity contribution in [3.8, 4) is 46.3 Å². The van der Waals surface area contributed by atoms with E-state index in [2.05, 4.69) is 5.32 Å². The number of halogens is 2. The van der Waals surface area contributed by atoms with Crippen LogP contribution in [0.15, 0.2) is 60.7 Å². The Kier molecular flexibility index (Phi) is 9.61. The van der Waals surface area contributed by atoms with Crippen LogP contribution in [0.1, 0.15) is 52.8 Å². The highest BCUT2D eigenvalue weighted by Crippen LogP contribution is 2.45. The summed E-state index contributed by atoms with van der Waals surface area (Å²) in [5.41, 5.74) is 2.99. The first-order chi connectivity index (χ1) is 23.6. The van der Waals surface area contributed by atoms with Crippen molar-refractivity contribution >= 4 is 17.6 Å². The third kappa shape index (κ3) is 6.83. The van der Waals surface area contributed by atoms with E-state index in [-0.39, 0.29) is 30.5 Å². The lowest BCUT2D eigenvalue weighted by Gasteiger charge is -2.25. The fourth-order valence-electron chi connectivity index (χ4n) is 5.93. The third-order valence-electron chi connectivity index (χ3n) is 8.64. The molecule has 2 aliphatic rings. The number of ether oxygens (including phenoxy) is 4. The van der Waals surface area contributed by atoms with E-state index in [1.165, 1.54) is 13.0 Å². The summed E-state index contributed by atoms with van der Waals surface area (Å²) in [7, 11) is 0. The minimum absolute atomic E-state index is 0.0226. The first-order valence-corrected chi connectivity index (χ1v) is 15.9. The Hall–Kier alpha value is -5.33. The fourth-order valence-corrected chi connectivity index (χ4v) is 6.16. The Bertz CT molecular complexity index is 1990. The molecule has 4 aromatic rings. The number of nitrogens with zero attached hydrogens (tertiary/aromatic N) is 2. The summed E-state index contributed by atoms with van der Waals surface area (Å²) in [4.78, 5) is 11.8. The predicted molar refractivity (Wildman–Crippen MR) is 176 cm³/mol. The Labute approximate surface area is 286 Å². The molecule has 0 bridgehead atoms. The van der Waals surface area contributed by atoms with Crippen molar-refractivity contribution in [2.45, 2.75) is 44.6 Å². The van der Waals surface area contributed by atoms with E-state index >= 15 is 4.39 Å². The van der Waals surface area contributed by atoms with E-state index in [1.807, 2.05) is 30.3 Å². The van der Waals surface area contributed by atoms with Crippen LogP contribution in [0.2, 0.25) is 5.02 Å². The highest BCUT2D eigenvalue weighted by Gasteiger charge is 2.33. The molecule has 0 fully saturated rings. The van der Waals surface area contributed by atoms with E-state index in [1.54, 1.807) is 36.4 Å². The van der Waals surface area contributed by atoms with Crippen molar-refractivity contribution in [1.82, 2.24) is 5.32 Å². The normalized spacial score (nSPS) is 15.8. The second-order valence-electron chi connectivity index (χ2n) is 11.9. The lowest BCUT2D eigenvalue weighted by Crippen LogP contribution is -2.52. The molecule has 0 saturated heterocycles. The van der Waals surface area contributed by atoms with Crippen LogP contribution in [0.25, 0.3) is 11.1 Å². The van der Waals surface area contributed by atoms with E-state index in [0.29, 0.717) is 64.5 Å². The van der Waals surface area contributed by atoms with E-state index in [9.17, 15) is 25.5 Å². The van der Waals surface area contributed by atoms with Crippen molar-refractivity contribution in [2.75, 3.05) is 19.8 Å². The fraction of sp³-hybridized carbons (Fsp3) is 0.270. The van der Waals surface area contributed by atoms with Crippen LogP contribution in [-0.2, 0) is 24.4 Å². The second kappa shape index (κ2) is 14.0. The Balaban J connectivity index is 1.30. The highest BCUT2D eigenvalue weighted by molar-refractivity contribution is 6.32. The van der Waals surface area contributed by atoms with Crippen LogP contribution in [0.4, 0.5) is 4.39 Å². The van der Waals surface area contributed by atoms with Crippen LogP contribution in [0.3, 0.4) is 0 Å².